The topological polar surface area (TPSA) is 41.9 Å². The number of aliphatic hydroxyl groups excluding tert-OH is 1. The van der Waals surface area contributed by atoms with E-state index in [1.54, 1.807) is 18.2 Å². The fourth-order valence-corrected chi connectivity index (χ4v) is 2.59. The van der Waals surface area contributed by atoms with Gasteiger partial charge in [0.15, 0.2) is 11.6 Å². The lowest BCUT2D eigenvalue weighted by Gasteiger charge is -2.43. The number of nitrogens with zero attached hydrogens (tertiary/aromatic N) is 1. The quantitative estimate of drug-likeness (QED) is 0.917. The average Bonchev–Trinajstić information content (AvgIpc) is 2.47. The second-order valence-electron chi connectivity index (χ2n) is 5.52. The van der Waals surface area contributed by atoms with E-state index in [4.69, 9.17) is 9.47 Å². The first-order valence-corrected chi connectivity index (χ1v) is 6.81. The van der Waals surface area contributed by atoms with Crippen molar-refractivity contribution in [1.82, 2.24) is 4.90 Å². The van der Waals surface area contributed by atoms with E-state index in [1.807, 2.05) is 13.8 Å². The van der Waals surface area contributed by atoms with Crippen LogP contribution in [0.15, 0.2) is 18.2 Å². The van der Waals surface area contributed by atoms with Gasteiger partial charge in [0, 0.05) is 24.2 Å². The summed E-state index contributed by atoms with van der Waals surface area (Å²) in [5.41, 5.74) is -0.308. The van der Waals surface area contributed by atoms with Gasteiger partial charge >= 0.3 is 0 Å². The van der Waals surface area contributed by atoms with Crippen LogP contribution < -0.4 is 4.74 Å². The van der Waals surface area contributed by atoms with Crippen molar-refractivity contribution in [1.29, 1.82) is 0 Å². The van der Waals surface area contributed by atoms with Crippen LogP contribution in [-0.2, 0) is 4.74 Å². The molecule has 1 aliphatic rings. The minimum Gasteiger partial charge on any atom is -0.494 e. The maximum atomic E-state index is 14.3. The molecule has 1 heterocycles. The number of ether oxygens (including phenoxy) is 2. The summed E-state index contributed by atoms with van der Waals surface area (Å²) in [5.74, 6) is -0.344. The van der Waals surface area contributed by atoms with Crippen molar-refractivity contribution in [3.63, 3.8) is 0 Å². The molecule has 1 N–H and O–H groups in total. The second-order valence-corrected chi connectivity index (χ2v) is 5.52. The van der Waals surface area contributed by atoms with Gasteiger partial charge in [-0.25, -0.2) is 4.39 Å². The molecule has 1 aromatic rings. The molecule has 4 nitrogen and oxygen atoms in total. The molecule has 1 atom stereocenters. The van der Waals surface area contributed by atoms with Gasteiger partial charge in [0.05, 0.1) is 26.4 Å². The van der Waals surface area contributed by atoms with Crippen molar-refractivity contribution >= 4 is 0 Å². The van der Waals surface area contributed by atoms with Gasteiger partial charge in [-0.2, -0.15) is 0 Å². The van der Waals surface area contributed by atoms with Crippen LogP contribution in [-0.4, -0.2) is 49.0 Å². The highest BCUT2D eigenvalue weighted by Gasteiger charge is 2.37. The predicted octanol–water partition coefficient (Wildman–Crippen LogP) is 1.98. The molecule has 0 radical (unpaired) electrons. The summed E-state index contributed by atoms with van der Waals surface area (Å²) < 4.78 is 24.6. The third-order valence-corrected chi connectivity index (χ3v) is 4.00. The molecule has 0 saturated carbocycles. The largest absolute Gasteiger partial charge is 0.494 e. The molecule has 112 valence electrons. The number of methoxy groups -OCH3 is 1. The lowest BCUT2D eigenvalue weighted by molar-refractivity contribution is -0.0640. The molecule has 1 fully saturated rings. The lowest BCUT2D eigenvalue weighted by Crippen LogP contribution is -2.53. The summed E-state index contributed by atoms with van der Waals surface area (Å²) in [4.78, 5) is 2.13. The molecule has 1 unspecified atom stereocenters. The summed E-state index contributed by atoms with van der Waals surface area (Å²) in [7, 11) is 1.42. The first kappa shape index (κ1) is 15.2. The Morgan fingerprint density at radius 3 is 2.60 bits per heavy atom. The van der Waals surface area contributed by atoms with E-state index in [1.165, 1.54) is 7.11 Å². The Kier molecular flexibility index (Phi) is 4.62. The Morgan fingerprint density at radius 1 is 1.35 bits per heavy atom. The first-order valence-electron chi connectivity index (χ1n) is 6.81. The van der Waals surface area contributed by atoms with Crippen LogP contribution in [0.25, 0.3) is 0 Å². The molecule has 1 aliphatic heterocycles. The smallest absolute Gasteiger partial charge is 0.170 e. The van der Waals surface area contributed by atoms with Crippen LogP contribution in [0.4, 0.5) is 4.39 Å². The zero-order valence-electron chi connectivity index (χ0n) is 12.2. The van der Waals surface area contributed by atoms with E-state index < -0.39 is 17.5 Å². The van der Waals surface area contributed by atoms with Crippen molar-refractivity contribution < 1.29 is 19.0 Å². The van der Waals surface area contributed by atoms with Crippen molar-refractivity contribution in [2.45, 2.75) is 25.5 Å². The highest BCUT2D eigenvalue weighted by molar-refractivity contribution is 5.33. The van der Waals surface area contributed by atoms with E-state index in [2.05, 4.69) is 4.90 Å². The molecule has 20 heavy (non-hydrogen) atoms. The van der Waals surface area contributed by atoms with Gasteiger partial charge in [-0.15, -0.1) is 0 Å². The van der Waals surface area contributed by atoms with Crippen molar-refractivity contribution in [3.05, 3.63) is 29.6 Å². The number of benzene rings is 1. The molecular weight excluding hydrogens is 261 g/mol. The zero-order chi connectivity index (χ0) is 14.8. The normalized spacial score (nSPS) is 18.9. The summed E-state index contributed by atoms with van der Waals surface area (Å²) in [6.45, 7) is 6.57. The van der Waals surface area contributed by atoms with Crippen LogP contribution in [0.3, 0.4) is 0 Å². The maximum Gasteiger partial charge on any atom is 0.170 e. The number of hydrogen-bond acceptors (Lipinski definition) is 4. The van der Waals surface area contributed by atoms with Gasteiger partial charge in [0.1, 0.15) is 0 Å². The van der Waals surface area contributed by atoms with Crippen LogP contribution >= 0.6 is 0 Å². The molecular formula is C15H22FNO3. The summed E-state index contributed by atoms with van der Waals surface area (Å²) in [6.07, 6.45) is -0.935. The Bertz CT molecular complexity index is 458. The van der Waals surface area contributed by atoms with Crippen LogP contribution in [0, 0.1) is 5.82 Å². The third-order valence-electron chi connectivity index (χ3n) is 4.00. The van der Waals surface area contributed by atoms with Crippen molar-refractivity contribution in [3.8, 4) is 5.75 Å². The molecule has 0 aromatic heterocycles. The SMILES string of the molecule is COc1cccc(C(O)C(C)(C)N2CCOCC2)c1F. The minimum atomic E-state index is -0.935. The van der Waals surface area contributed by atoms with Gasteiger partial charge in [-0.3, -0.25) is 4.90 Å². The van der Waals surface area contributed by atoms with Crippen LogP contribution in [0.2, 0.25) is 0 Å². The highest BCUT2D eigenvalue weighted by atomic mass is 19.1. The van der Waals surface area contributed by atoms with Gasteiger partial charge in [0.2, 0.25) is 0 Å². The van der Waals surface area contributed by atoms with Gasteiger partial charge in [0.25, 0.3) is 0 Å². The Morgan fingerprint density at radius 2 is 2.00 bits per heavy atom. The summed E-state index contributed by atoms with van der Waals surface area (Å²) in [6, 6.07) is 4.84. The monoisotopic (exact) mass is 283 g/mol. The Hall–Kier alpha value is -1.17. The fourth-order valence-electron chi connectivity index (χ4n) is 2.59. The van der Waals surface area contributed by atoms with Gasteiger partial charge in [-0.1, -0.05) is 12.1 Å². The lowest BCUT2D eigenvalue weighted by atomic mass is 9.88. The fraction of sp³-hybridized carbons (Fsp3) is 0.600. The van der Waals surface area contributed by atoms with E-state index in [9.17, 15) is 9.50 Å². The van der Waals surface area contributed by atoms with E-state index >= 15 is 0 Å². The van der Waals surface area contributed by atoms with Gasteiger partial charge < -0.3 is 14.6 Å². The standard InChI is InChI=1S/C15H22FNO3/c1-15(2,17-7-9-20-10-8-17)14(18)11-5-4-6-12(19-3)13(11)16/h4-6,14,18H,7-10H2,1-3H3. The maximum absolute atomic E-state index is 14.3. The Labute approximate surface area is 119 Å². The molecule has 5 heteroatoms. The molecule has 0 amide bonds. The number of rotatable bonds is 4. The van der Waals surface area contributed by atoms with Crippen LogP contribution in [0.5, 0.6) is 5.75 Å². The Balaban J connectivity index is 2.27. The summed E-state index contributed by atoms with van der Waals surface area (Å²) >= 11 is 0. The first-order chi connectivity index (χ1) is 9.48. The van der Waals surface area contributed by atoms with E-state index in [-0.39, 0.29) is 11.3 Å². The molecule has 0 aliphatic carbocycles. The second kappa shape index (κ2) is 6.08. The van der Waals surface area contributed by atoms with Gasteiger partial charge in [-0.05, 0) is 19.9 Å². The van der Waals surface area contributed by atoms with Crippen molar-refractivity contribution in [2.24, 2.45) is 0 Å². The molecule has 0 bridgehead atoms. The van der Waals surface area contributed by atoms with E-state index in [0.717, 1.165) is 13.1 Å². The molecule has 2 rings (SSSR count). The molecule has 1 saturated heterocycles. The average molecular weight is 283 g/mol. The number of hydrogen-bond donors (Lipinski definition) is 1. The molecule has 1 aromatic carbocycles. The number of aliphatic hydroxyl groups is 1. The minimum absolute atomic E-state index is 0.152. The third kappa shape index (κ3) is 2.80. The molecule has 0 spiro atoms. The number of halogens is 1. The summed E-state index contributed by atoms with van der Waals surface area (Å²) in [5, 5.41) is 10.6. The van der Waals surface area contributed by atoms with E-state index in [0.29, 0.717) is 13.2 Å². The predicted molar refractivity (Wildman–Crippen MR) is 74.4 cm³/mol. The highest BCUT2D eigenvalue weighted by Crippen LogP contribution is 2.35. The zero-order valence-corrected chi connectivity index (χ0v) is 12.2. The van der Waals surface area contributed by atoms with Crippen molar-refractivity contribution in [2.75, 3.05) is 33.4 Å². The van der Waals surface area contributed by atoms with Crippen LogP contribution in [0.1, 0.15) is 25.5 Å². The number of morpholine rings is 1.